The maximum atomic E-state index is 12.5. The van der Waals surface area contributed by atoms with E-state index in [1.54, 1.807) is 0 Å². The number of rotatable bonds is 0. The van der Waals surface area contributed by atoms with Gasteiger partial charge >= 0.3 is 6.09 Å². The molecule has 1 aliphatic heterocycles. The van der Waals surface area contributed by atoms with Gasteiger partial charge in [0.15, 0.2) is 0 Å². The Bertz CT molecular complexity index is 431. The highest BCUT2D eigenvalue weighted by Gasteiger charge is 2.65. The van der Waals surface area contributed by atoms with Crippen molar-refractivity contribution in [2.45, 2.75) is 70.9 Å². The summed E-state index contributed by atoms with van der Waals surface area (Å²) in [6.45, 7) is 6.42. The van der Waals surface area contributed by atoms with Crippen LogP contribution in [0.25, 0.3) is 0 Å². The number of ether oxygens (including phenoxy) is 1. The van der Waals surface area contributed by atoms with Crippen LogP contribution in [0.3, 0.4) is 0 Å². The minimum atomic E-state index is -0.472. The van der Waals surface area contributed by atoms with Crippen LogP contribution in [0.1, 0.15) is 59.3 Å². The van der Waals surface area contributed by atoms with Gasteiger partial charge in [-0.15, -0.1) is 0 Å². The molecule has 0 aromatic rings. The Morgan fingerprint density at radius 1 is 1.25 bits per heavy atom. The molecule has 2 aliphatic carbocycles. The van der Waals surface area contributed by atoms with Crippen molar-refractivity contribution >= 4 is 11.9 Å². The molecule has 2 unspecified atom stereocenters. The Labute approximate surface area is 120 Å². The monoisotopic (exact) mass is 279 g/mol. The van der Waals surface area contributed by atoms with Crippen molar-refractivity contribution in [3.63, 3.8) is 0 Å². The molecule has 3 rings (SSSR count). The lowest BCUT2D eigenvalue weighted by molar-refractivity contribution is -0.164. The molecule has 4 nitrogen and oxygen atoms in total. The van der Waals surface area contributed by atoms with Gasteiger partial charge in [-0.25, -0.2) is 4.79 Å². The van der Waals surface area contributed by atoms with Gasteiger partial charge < -0.3 is 9.64 Å². The molecular weight excluding hydrogens is 254 g/mol. The highest BCUT2D eigenvalue weighted by molar-refractivity contribution is 5.96. The third-order valence-electron chi connectivity index (χ3n) is 5.15. The zero-order valence-corrected chi connectivity index (χ0v) is 12.8. The molecular formula is C16H25NO3. The fourth-order valence-electron chi connectivity index (χ4n) is 4.45. The summed E-state index contributed by atoms with van der Waals surface area (Å²) in [5.41, 5.74) is -0.692. The summed E-state index contributed by atoms with van der Waals surface area (Å²) in [6.07, 6.45) is 5.81. The average Bonchev–Trinajstić information content (AvgIpc) is 2.87. The first-order valence-electron chi connectivity index (χ1n) is 7.89. The van der Waals surface area contributed by atoms with Crippen molar-refractivity contribution < 1.29 is 14.3 Å². The summed E-state index contributed by atoms with van der Waals surface area (Å²) < 4.78 is 5.54. The maximum Gasteiger partial charge on any atom is 0.410 e. The molecule has 112 valence electrons. The number of Topliss-reactive ketones (excluding diaryl/α,β-unsaturated/α-hetero) is 1. The lowest BCUT2D eigenvalue weighted by Crippen LogP contribution is -2.70. The van der Waals surface area contributed by atoms with E-state index >= 15 is 0 Å². The van der Waals surface area contributed by atoms with E-state index in [4.69, 9.17) is 4.74 Å². The average molecular weight is 279 g/mol. The zero-order valence-electron chi connectivity index (χ0n) is 12.8. The van der Waals surface area contributed by atoms with E-state index in [-0.39, 0.29) is 23.5 Å². The Morgan fingerprint density at radius 3 is 2.50 bits per heavy atom. The molecule has 1 spiro atoms. The van der Waals surface area contributed by atoms with Crippen molar-refractivity contribution in [3.8, 4) is 0 Å². The molecule has 0 bridgehead atoms. The third kappa shape index (κ3) is 1.95. The minimum absolute atomic E-state index is 0.0781. The van der Waals surface area contributed by atoms with Crippen LogP contribution in [0.2, 0.25) is 0 Å². The molecule has 1 heterocycles. The Hall–Kier alpha value is -1.06. The van der Waals surface area contributed by atoms with Gasteiger partial charge in [-0.3, -0.25) is 4.79 Å². The van der Waals surface area contributed by atoms with Gasteiger partial charge in [0.1, 0.15) is 11.4 Å². The molecule has 2 atom stereocenters. The van der Waals surface area contributed by atoms with E-state index < -0.39 is 5.60 Å². The predicted octanol–water partition coefficient (Wildman–Crippen LogP) is 3.15. The smallest absolute Gasteiger partial charge is 0.410 e. The first kappa shape index (κ1) is 13.9. The normalized spacial score (nSPS) is 31.9. The van der Waals surface area contributed by atoms with Crippen molar-refractivity contribution in [1.82, 2.24) is 4.90 Å². The van der Waals surface area contributed by atoms with Crippen LogP contribution in [-0.4, -0.2) is 35.0 Å². The standard InChI is InChI=1S/C16H25NO3/c1-15(2,3)20-14(19)17-10-6-7-11-12(17)16(13(11)18)8-4-5-9-16/h11-12H,4-10H2,1-3H3. The summed E-state index contributed by atoms with van der Waals surface area (Å²) in [6, 6.07) is 0.112. The van der Waals surface area contributed by atoms with Crippen LogP contribution < -0.4 is 0 Å². The number of nitrogens with zero attached hydrogens (tertiary/aromatic N) is 1. The molecule has 2 saturated carbocycles. The van der Waals surface area contributed by atoms with E-state index in [1.807, 2.05) is 25.7 Å². The number of carbonyl (C=O) groups is 2. The first-order valence-corrected chi connectivity index (χ1v) is 7.89. The van der Waals surface area contributed by atoms with Crippen LogP contribution in [-0.2, 0) is 9.53 Å². The molecule has 0 aromatic heterocycles. The lowest BCUT2D eigenvalue weighted by atomic mass is 9.53. The van der Waals surface area contributed by atoms with Gasteiger partial charge in [0.05, 0.1) is 11.5 Å². The van der Waals surface area contributed by atoms with Gasteiger partial charge in [-0.1, -0.05) is 12.8 Å². The fourth-order valence-corrected chi connectivity index (χ4v) is 4.45. The maximum absolute atomic E-state index is 12.5. The second-order valence-corrected chi connectivity index (χ2v) is 7.59. The van der Waals surface area contributed by atoms with Crippen molar-refractivity contribution in [1.29, 1.82) is 0 Å². The van der Waals surface area contributed by atoms with Crippen LogP contribution in [0.4, 0.5) is 4.79 Å². The zero-order chi connectivity index (χ0) is 14.5. The van der Waals surface area contributed by atoms with Crippen LogP contribution >= 0.6 is 0 Å². The minimum Gasteiger partial charge on any atom is -0.444 e. The van der Waals surface area contributed by atoms with Gasteiger partial charge in [0.25, 0.3) is 0 Å². The second kappa shape index (κ2) is 4.47. The largest absolute Gasteiger partial charge is 0.444 e. The van der Waals surface area contributed by atoms with Crippen molar-refractivity contribution in [2.24, 2.45) is 11.3 Å². The number of piperidine rings is 1. The van der Waals surface area contributed by atoms with Crippen LogP contribution in [0, 0.1) is 11.3 Å². The topological polar surface area (TPSA) is 46.6 Å². The van der Waals surface area contributed by atoms with Crippen molar-refractivity contribution in [2.75, 3.05) is 6.54 Å². The number of amides is 1. The van der Waals surface area contributed by atoms with Crippen LogP contribution in [0.15, 0.2) is 0 Å². The summed E-state index contributed by atoms with van der Waals surface area (Å²) >= 11 is 0. The van der Waals surface area contributed by atoms with Gasteiger partial charge in [-0.05, 0) is 46.5 Å². The molecule has 0 N–H and O–H groups in total. The number of ketones is 1. The molecule has 1 amide bonds. The van der Waals surface area contributed by atoms with E-state index in [2.05, 4.69) is 0 Å². The summed E-state index contributed by atoms with van der Waals surface area (Å²) in [4.78, 5) is 26.8. The molecule has 1 saturated heterocycles. The number of carbonyl (C=O) groups excluding carboxylic acids is 2. The number of hydrogen-bond acceptors (Lipinski definition) is 3. The third-order valence-corrected chi connectivity index (χ3v) is 5.15. The van der Waals surface area contributed by atoms with Gasteiger partial charge in [0, 0.05) is 12.5 Å². The highest BCUT2D eigenvalue weighted by atomic mass is 16.6. The van der Waals surface area contributed by atoms with Crippen molar-refractivity contribution in [3.05, 3.63) is 0 Å². The molecule has 20 heavy (non-hydrogen) atoms. The van der Waals surface area contributed by atoms with Gasteiger partial charge in [0.2, 0.25) is 0 Å². The number of fused-ring (bicyclic) bond motifs is 2. The summed E-state index contributed by atoms with van der Waals surface area (Å²) in [5.74, 6) is 0.502. The van der Waals surface area contributed by atoms with E-state index in [0.717, 1.165) is 45.1 Å². The first-order chi connectivity index (χ1) is 9.35. The second-order valence-electron chi connectivity index (χ2n) is 7.59. The number of hydrogen-bond donors (Lipinski definition) is 0. The van der Waals surface area contributed by atoms with E-state index in [0.29, 0.717) is 5.78 Å². The van der Waals surface area contributed by atoms with E-state index in [1.165, 1.54) is 0 Å². The highest BCUT2D eigenvalue weighted by Crippen LogP contribution is 2.58. The molecule has 0 radical (unpaired) electrons. The molecule has 4 heteroatoms. The fraction of sp³-hybridized carbons (Fsp3) is 0.875. The Kier molecular flexibility index (Phi) is 3.11. The Balaban J connectivity index is 1.81. The SMILES string of the molecule is CC(C)(C)OC(=O)N1CCCC2C(=O)C3(CCCC3)C21. The van der Waals surface area contributed by atoms with E-state index in [9.17, 15) is 9.59 Å². The van der Waals surface area contributed by atoms with Crippen LogP contribution in [0.5, 0.6) is 0 Å². The lowest BCUT2D eigenvalue weighted by Gasteiger charge is -2.58. The summed E-state index contributed by atoms with van der Waals surface area (Å²) in [5, 5.41) is 0. The Morgan fingerprint density at radius 2 is 1.90 bits per heavy atom. The predicted molar refractivity (Wildman–Crippen MR) is 75.4 cm³/mol. The number of likely N-dealkylation sites (tertiary alicyclic amines) is 1. The summed E-state index contributed by atoms with van der Waals surface area (Å²) in [7, 11) is 0. The molecule has 3 fully saturated rings. The molecule has 3 aliphatic rings. The molecule has 0 aromatic carbocycles. The quantitative estimate of drug-likeness (QED) is 0.684. The van der Waals surface area contributed by atoms with Gasteiger partial charge in [-0.2, -0.15) is 0 Å².